The van der Waals surface area contributed by atoms with Crippen LogP contribution in [0.4, 0.5) is 0 Å². The van der Waals surface area contributed by atoms with Crippen LogP contribution < -0.4 is 10.6 Å². The Bertz CT molecular complexity index is 703. The average molecular weight is 421 g/mol. The molecule has 1 aromatic rings. The van der Waals surface area contributed by atoms with Gasteiger partial charge in [-0.25, -0.2) is 4.79 Å². The van der Waals surface area contributed by atoms with Gasteiger partial charge in [0.05, 0.1) is 33.5 Å². The molecule has 166 valence electrons. The fraction of sp³-hybridized carbons (Fsp3) is 0.571. The van der Waals surface area contributed by atoms with Crippen LogP contribution in [-0.2, 0) is 41.6 Å². The van der Waals surface area contributed by atoms with Crippen molar-refractivity contribution < 1.29 is 28.6 Å². The lowest BCUT2D eigenvalue weighted by atomic mass is 10.0. The molecule has 0 spiro atoms. The van der Waals surface area contributed by atoms with Gasteiger partial charge in [-0.3, -0.25) is 14.5 Å². The van der Waals surface area contributed by atoms with Crippen LogP contribution in [0, 0.1) is 0 Å². The molecule has 0 aliphatic carbocycles. The van der Waals surface area contributed by atoms with E-state index in [2.05, 4.69) is 10.6 Å². The molecule has 1 aliphatic rings. The summed E-state index contributed by atoms with van der Waals surface area (Å²) in [6.07, 6.45) is 0.278. The first-order chi connectivity index (χ1) is 14.4. The minimum absolute atomic E-state index is 0.204. The Morgan fingerprint density at radius 1 is 1.07 bits per heavy atom. The maximum absolute atomic E-state index is 12.5. The highest BCUT2D eigenvalue weighted by Crippen LogP contribution is 2.09. The van der Waals surface area contributed by atoms with Gasteiger partial charge in [-0.15, -0.1) is 0 Å². The van der Waals surface area contributed by atoms with Gasteiger partial charge in [0, 0.05) is 26.6 Å². The lowest BCUT2D eigenvalue weighted by Crippen LogP contribution is -2.53. The molecule has 9 nitrogen and oxygen atoms in total. The van der Waals surface area contributed by atoms with Gasteiger partial charge in [-0.05, 0) is 18.1 Å². The number of hydrogen-bond donors (Lipinski definition) is 2. The predicted octanol–water partition coefficient (Wildman–Crippen LogP) is -0.130. The Hall–Kier alpha value is -2.49. The molecule has 0 aromatic heterocycles. The molecule has 2 rings (SSSR count). The third-order valence-corrected chi connectivity index (χ3v) is 4.82. The van der Waals surface area contributed by atoms with Gasteiger partial charge < -0.3 is 24.8 Å². The van der Waals surface area contributed by atoms with E-state index in [1.807, 2.05) is 29.2 Å². The number of rotatable bonds is 10. The second-order valence-corrected chi connectivity index (χ2v) is 7.22. The highest BCUT2D eigenvalue weighted by atomic mass is 16.5. The van der Waals surface area contributed by atoms with Crippen LogP contribution >= 0.6 is 0 Å². The summed E-state index contributed by atoms with van der Waals surface area (Å²) in [5, 5.41) is 5.35. The van der Waals surface area contributed by atoms with Crippen molar-refractivity contribution in [3.05, 3.63) is 35.4 Å². The highest BCUT2D eigenvalue weighted by molar-refractivity contribution is 5.91. The van der Waals surface area contributed by atoms with E-state index in [1.54, 1.807) is 14.0 Å². The lowest BCUT2D eigenvalue weighted by molar-refractivity contribution is -0.145. The normalized spacial score (nSPS) is 16.4. The molecule has 1 unspecified atom stereocenters. The van der Waals surface area contributed by atoms with Crippen LogP contribution in [0.2, 0.25) is 0 Å². The van der Waals surface area contributed by atoms with Crippen molar-refractivity contribution in [3.63, 3.8) is 0 Å². The number of morpholine rings is 1. The van der Waals surface area contributed by atoms with E-state index in [-0.39, 0.29) is 18.9 Å². The quantitative estimate of drug-likeness (QED) is 0.507. The van der Waals surface area contributed by atoms with Gasteiger partial charge in [0.25, 0.3) is 0 Å². The first kappa shape index (κ1) is 23.8. The number of benzene rings is 1. The van der Waals surface area contributed by atoms with Gasteiger partial charge in [0.15, 0.2) is 0 Å². The molecule has 2 N–H and O–H groups in total. The Kier molecular flexibility index (Phi) is 9.72. The third-order valence-electron chi connectivity index (χ3n) is 4.82. The van der Waals surface area contributed by atoms with E-state index in [9.17, 15) is 14.4 Å². The van der Waals surface area contributed by atoms with Crippen LogP contribution in [-0.4, -0.2) is 81.8 Å². The summed E-state index contributed by atoms with van der Waals surface area (Å²) >= 11 is 0. The highest BCUT2D eigenvalue weighted by Gasteiger charge is 2.26. The van der Waals surface area contributed by atoms with Crippen molar-refractivity contribution in [2.75, 3.05) is 47.1 Å². The summed E-state index contributed by atoms with van der Waals surface area (Å²) in [6.45, 7) is 4.84. The zero-order valence-electron chi connectivity index (χ0n) is 17.8. The van der Waals surface area contributed by atoms with Crippen molar-refractivity contribution in [2.24, 2.45) is 0 Å². The number of nitrogens with zero attached hydrogens (tertiary/aromatic N) is 1. The van der Waals surface area contributed by atoms with Crippen molar-refractivity contribution in [3.8, 4) is 0 Å². The molecular formula is C21H31N3O6. The summed E-state index contributed by atoms with van der Waals surface area (Å²) in [5.74, 6) is -1.24. The van der Waals surface area contributed by atoms with Crippen LogP contribution in [0.3, 0.4) is 0 Å². The monoisotopic (exact) mass is 421 g/mol. The molecule has 0 radical (unpaired) electrons. The van der Waals surface area contributed by atoms with Crippen molar-refractivity contribution in [1.82, 2.24) is 15.5 Å². The number of amides is 2. The van der Waals surface area contributed by atoms with Crippen LogP contribution in [0.5, 0.6) is 0 Å². The number of methoxy groups -OCH3 is 2. The van der Waals surface area contributed by atoms with Crippen molar-refractivity contribution >= 4 is 17.8 Å². The van der Waals surface area contributed by atoms with Gasteiger partial charge >= 0.3 is 5.97 Å². The first-order valence-electron chi connectivity index (χ1n) is 9.97. The Balaban J connectivity index is 1.89. The minimum atomic E-state index is -0.852. The summed E-state index contributed by atoms with van der Waals surface area (Å²) in [6, 6.07) is 5.94. The number of esters is 1. The Morgan fingerprint density at radius 2 is 1.70 bits per heavy atom. The number of carbonyl (C=O) groups is 3. The van der Waals surface area contributed by atoms with E-state index in [4.69, 9.17) is 14.2 Å². The molecule has 0 saturated carbocycles. The first-order valence-corrected chi connectivity index (χ1v) is 9.97. The standard InChI is InChI=1S/C21H31N3O6/c1-15(22-19(25)13-24-8-10-30-11-9-24)20(26)23-18(21(27)29-3)12-16-4-6-17(7-5-16)14-28-2/h4-7,15,18H,8-14H2,1-3H3,(H,22,25)(H,23,26)/t15-,18?/m0/s1. The molecule has 1 fully saturated rings. The molecule has 1 aliphatic heterocycles. The van der Waals surface area contributed by atoms with E-state index in [0.717, 1.165) is 11.1 Å². The number of hydrogen-bond acceptors (Lipinski definition) is 7. The van der Waals surface area contributed by atoms with E-state index < -0.39 is 24.0 Å². The molecular weight excluding hydrogens is 390 g/mol. The Morgan fingerprint density at radius 3 is 2.30 bits per heavy atom. The van der Waals surface area contributed by atoms with Gasteiger partial charge in [0.1, 0.15) is 12.1 Å². The van der Waals surface area contributed by atoms with Crippen molar-refractivity contribution in [2.45, 2.75) is 32.0 Å². The van der Waals surface area contributed by atoms with Gasteiger partial charge in [-0.2, -0.15) is 0 Å². The molecule has 2 amide bonds. The molecule has 2 atom stereocenters. The summed E-state index contributed by atoms with van der Waals surface area (Å²) in [5.41, 5.74) is 1.88. The fourth-order valence-corrected chi connectivity index (χ4v) is 3.12. The van der Waals surface area contributed by atoms with Gasteiger partial charge in [-0.1, -0.05) is 24.3 Å². The summed E-state index contributed by atoms with van der Waals surface area (Å²) < 4.78 is 15.2. The third kappa shape index (κ3) is 7.74. The molecule has 1 aromatic carbocycles. The Labute approximate surface area is 177 Å². The van der Waals surface area contributed by atoms with E-state index >= 15 is 0 Å². The molecule has 0 bridgehead atoms. The topological polar surface area (TPSA) is 106 Å². The zero-order valence-corrected chi connectivity index (χ0v) is 17.8. The SMILES string of the molecule is COCc1ccc(CC(NC(=O)[C@H](C)NC(=O)CN2CCOCC2)C(=O)OC)cc1. The smallest absolute Gasteiger partial charge is 0.328 e. The number of nitrogens with one attached hydrogen (secondary N) is 2. The average Bonchev–Trinajstić information content (AvgIpc) is 2.74. The van der Waals surface area contributed by atoms with Crippen LogP contribution in [0.25, 0.3) is 0 Å². The second-order valence-electron chi connectivity index (χ2n) is 7.22. The summed E-state index contributed by atoms with van der Waals surface area (Å²) in [4.78, 5) is 38.9. The zero-order chi connectivity index (χ0) is 21.9. The predicted molar refractivity (Wildman–Crippen MR) is 110 cm³/mol. The molecule has 1 heterocycles. The number of carbonyl (C=O) groups excluding carboxylic acids is 3. The largest absolute Gasteiger partial charge is 0.467 e. The fourth-order valence-electron chi connectivity index (χ4n) is 3.12. The van der Waals surface area contributed by atoms with E-state index in [0.29, 0.717) is 32.9 Å². The summed E-state index contributed by atoms with van der Waals surface area (Å²) in [7, 11) is 2.90. The minimum Gasteiger partial charge on any atom is -0.467 e. The lowest BCUT2D eigenvalue weighted by Gasteiger charge is -2.26. The van der Waals surface area contributed by atoms with Gasteiger partial charge in [0.2, 0.25) is 11.8 Å². The van der Waals surface area contributed by atoms with Crippen LogP contribution in [0.15, 0.2) is 24.3 Å². The second kappa shape index (κ2) is 12.3. The molecule has 9 heteroatoms. The molecule has 30 heavy (non-hydrogen) atoms. The van der Waals surface area contributed by atoms with Crippen molar-refractivity contribution in [1.29, 1.82) is 0 Å². The molecule has 1 saturated heterocycles. The number of ether oxygens (including phenoxy) is 3. The van der Waals surface area contributed by atoms with E-state index in [1.165, 1.54) is 7.11 Å². The van der Waals surface area contributed by atoms with Crippen LogP contribution in [0.1, 0.15) is 18.1 Å². The maximum atomic E-state index is 12.5. The maximum Gasteiger partial charge on any atom is 0.328 e.